The molecule has 1 heteroatoms. The van der Waals surface area contributed by atoms with E-state index in [-0.39, 0.29) is 0 Å². The van der Waals surface area contributed by atoms with Crippen molar-refractivity contribution in [2.75, 3.05) is 0 Å². The molecule has 48 valence electrons. The second kappa shape index (κ2) is 5.21. The van der Waals surface area contributed by atoms with E-state index in [0.717, 1.165) is 5.92 Å². The molecule has 0 rings (SSSR count). The number of hydrogen-bond donors (Lipinski definition) is 0. The van der Waals surface area contributed by atoms with Crippen LogP contribution in [0.25, 0.3) is 0 Å². The molecule has 0 aromatic carbocycles. The summed E-state index contributed by atoms with van der Waals surface area (Å²) in [4.78, 5) is 0. The van der Waals surface area contributed by atoms with Crippen molar-refractivity contribution in [3.63, 3.8) is 0 Å². The number of unbranched alkanes of at least 4 members (excludes halogenated alkanes) is 1. The quantitative estimate of drug-likeness (QED) is 0.487. The first-order chi connectivity index (χ1) is 3.81. The van der Waals surface area contributed by atoms with E-state index in [4.69, 9.17) is 0 Å². The van der Waals surface area contributed by atoms with Crippen LogP contribution in [0, 0.1) is 5.92 Å². The second-order valence-corrected chi connectivity index (χ2v) is 2.66. The van der Waals surface area contributed by atoms with Gasteiger partial charge in [0, 0.05) is 0 Å². The molecule has 0 bridgehead atoms. The van der Waals surface area contributed by atoms with Crippen LogP contribution in [0.2, 0.25) is 6.32 Å². The fourth-order valence-corrected chi connectivity index (χ4v) is 0.757. The Kier molecular flexibility index (Phi) is 5.25. The van der Waals surface area contributed by atoms with Crippen LogP contribution in [0.3, 0.4) is 0 Å². The van der Waals surface area contributed by atoms with Gasteiger partial charge in [-0.2, -0.15) is 0 Å². The molecule has 1 atom stereocenters. The fourth-order valence-electron chi connectivity index (χ4n) is 0.757. The van der Waals surface area contributed by atoms with E-state index in [9.17, 15) is 0 Å². The minimum absolute atomic E-state index is 0.954. The van der Waals surface area contributed by atoms with Crippen molar-refractivity contribution in [1.82, 2.24) is 0 Å². The van der Waals surface area contributed by atoms with Crippen molar-refractivity contribution in [3.8, 4) is 0 Å². The molecule has 0 nitrogen and oxygen atoms in total. The van der Waals surface area contributed by atoms with Crippen molar-refractivity contribution in [2.45, 2.75) is 39.4 Å². The molecule has 0 saturated carbocycles. The van der Waals surface area contributed by atoms with Crippen LogP contribution in [0.15, 0.2) is 0 Å². The summed E-state index contributed by atoms with van der Waals surface area (Å²) in [5.74, 6) is 0.954. The van der Waals surface area contributed by atoms with Gasteiger partial charge in [-0.1, -0.05) is 45.3 Å². The monoisotopic (exact) mass is 112 g/mol. The number of rotatable bonds is 4. The normalized spacial score (nSPS) is 13.8. The largest absolute Gasteiger partial charge is 0.101 e. The van der Waals surface area contributed by atoms with E-state index in [1.54, 1.807) is 0 Å². The third kappa shape index (κ3) is 4.23. The zero-order chi connectivity index (χ0) is 6.41. The minimum atomic E-state index is 0.954. The summed E-state index contributed by atoms with van der Waals surface area (Å²) in [5.41, 5.74) is 0. The van der Waals surface area contributed by atoms with Crippen molar-refractivity contribution in [2.24, 2.45) is 5.92 Å². The molecule has 0 heterocycles. The van der Waals surface area contributed by atoms with Crippen molar-refractivity contribution < 1.29 is 0 Å². The lowest BCUT2D eigenvalue weighted by Gasteiger charge is -2.04. The van der Waals surface area contributed by atoms with E-state index < -0.39 is 0 Å². The predicted molar refractivity (Wildman–Crippen MR) is 42.0 cm³/mol. The van der Waals surface area contributed by atoms with Gasteiger partial charge in [0.1, 0.15) is 7.85 Å². The first-order valence-corrected chi connectivity index (χ1v) is 3.81. The third-order valence-electron chi connectivity index (χ3n) is 1.75. The van der Waals surface area contributed by atoms with Crippen LogP contribution in [0.4, 0.5) is 0 Å². The Balaban J connectivity index is 2.86. The standard InChI is InChI=1S/C7H17B/c1-3-4-5-7(2)6-8/h7H,3-6,8H2,1-2H3. The van der Waals surface area contributed by atoms with Crippen LogP contribution in [-0.4, -0.2) is 7.85 Å². The molecule has 0 spiro atoms. The number of hydrogen-bond acceptors (Lipinski definition) is 0. The van der Waals surface area contributed by atoms with Crippen LogP contribution < -0.4 is 0 Å². The van der Waals surface area contributed by atoms with Gasteiger partial charge in [-0.15, -0.1) is 0 Å². The summed E-state index contributed by atoms with van der Waals surface area (Å²) in [6.07, 6.45) is 5.53. The van der Waals surface area contributed by atoms with Crippen LogP contribution in [0.5, 0.6) is 0 Å². The smallest absolute Gasteiger partial charge is 0.0785 e. The summed E-state index contributed by atoms with van der Waals surface area (Å²) in [5, 5.41) is 0. The molecule has 0 aromatic heterocycles. The molecule has 0 aromatic rings. The van der Waals surface area contributed by atoms with E-state index in [2.05, 4.69) is 21.7 Å². The van der Waals surface area contributed by atoms with Crippen molar-refractivity contribution in [3.05, 3.63) is 0 Å². The third-order valence-corrected chi connectivity index (χ3v) is 1.75. The highest BCUT2D eigenvalue weighted by atomic mass is 14.0. The zero-order valence-electron chi connectivity index (χ0n) is 6.41. The fraction of sp³-hybridized carbons (Fsp3) is 1.00. The molecular weight excluding hydrogens is 94.9 g/mol. The zero-order valence-corrected chi connectivity index (χ0v) is 6.41. The lowest BCUT2D eigenvalue weighted by Crippen LogP contribution is -1.91. The van der Waals surface area contributed by atoms with Gasteiger partial charge in [0.25, 0.3) is 0 Å². The topological polar surface area (TPSA) is 0 Å². The van der Waals surface area contributed by atoms with Gasteiger partial charge >= 0.3 is 0 Å². The maximum Gasteiger partial charge on any atom is 0.101 e. The van der Waals surface area contributed by atoms with Gasteiger partial charge in [-0.3, -0.25) is 0 Å². The molecule has 0 radical (unpaired) electrons. The van der Waals surface area contributed by atoms with E-state index in [1.807, 2.05) is 0 Å². The van der Waals surface area contributed by atoms with E-state index in [1.165, 1.54) is 25.6 Å². The average Bonchev–Trinajstić information content (AvgIpc) is 1.83. The van der Waals surface area contributed by atoms with Gasteiger partial charge in [0.2, 0.25) is 0 Å². The highest BCUT2D eigenvalue weighted by Gasteiger charge is 1.94. The Morgan fingerprint density at radius 1 is 1.50 bits per heavy atom. The van der Waals surface area contributed by atoms with Crippen molar-refractivity contribution in [1.29, 1.82) is 0 Å². The van der Waals surface area contributed by atoms with Gasteiger partial charge in [0.15, 0.2) is 0 Å². The van der Waals surface area contributed by atoms with E-state index >= 15 is 0 Å². The average molecular weight is 112 g/mol. The molecule has 0 aliphatic rings. The van der Waals surface area contributed by atoms with Gasteiger partial charge in [-0.05, 0) is 0 Å². The first kappa shape index (κ1) is 8.06. The molecule has 0 saturated heterocycles. The maximum atomic E-state index is 2.33. The molecule has 1 unspecified atom stereocenters. The Morgan fingerprint density at radius 2 is 2.12 bits per heavy atom. The summed E-state index contributed by atoms with van der Waals surface area (Å²) < 4.78 is 0. The molecule has 0 aliphatic carbocycles. The Morgan fingerprint density at radius 3 is 2.50 bits per heavy atom. The predicted octanol–water partition coefficient (Wildman–Crippen LogP) is 1.86. The van der Waals surface area contributed by atoms with Gasteiger partial charge in [-0.25, -0.2) is 0 Å². The second-order valence-electron chi connectivity index (χ2n) is 2.66. The highest BCUT2D eigenvalue weighted by Crippen LogP contribution is 2.09. The summed E-state index contributed by atoms with van der Waals surface area (Å²) in [6.45, 7) is 4.58. The minimum Gasteiger partial charge on any atom is -0.0785 e. The Labute approximate surface area is 54.1 Å². The molecule has 8 heavy (non-hydrogen) atoms. The Hall–Kier alpha value is 0.0649. The van der Waals surface area contributed by atoms with Gasteiger partial charge < -0.3 is 0 Å². The van der Waals surface area contributed by atoms with Crippen molar-refractivity contribution >= 4 is 7.85 Å². The first-order valence-electron chi connectivity index (χ1n) is 3.81. The summed E-state index contributed by atoms with van der Waals surface area (Å²) in [6, 6.07) is 0. The summed E-state index contributed by atoms with van der Waals surface area (Å²) >= 11 is 0. The molecule has 0 N–H and O–H groups in total. The molecular formula is C7H17B. The lowest BCUT2D eigenvalue weighted by molar-refractivity contribution is 0.549. The van der Waals surface area contributed by atoms with Crippen LogP contribution in [-0.2, 0) is 0 Å². The highest BCUT2D eigenvalue weighted by molar-refractivity contribution is 6.08. The SMILES string of the molecule is BCC(C)CCCC. The Bertz CT molecular complexity index is 43.7. The maximum absolute atomic E-state index is 2.33. The van der Waals surface area contributed by atoms with E-state index in [0.29, 0.717) is 0 Å². The molecule has 0 fully saturated rings. The summed E-state index contributed by atoms with van der Waals surface area (Å²) in [7, 11) is 2.26. The molecule has 0 amide bonds. The van der Waals surface area contributed by atoms with Crippen LogP contribution in [0.1, 0.15) is 33.1 Å². The van der Waals surface area contributed by atoms with Gasteiger partial charge in [0.05, 0.1) is 0 Å². The van der Waals surface area contributed by atoms with Crippen LogP contribution >= 0.6 is 0 Å². The lowest BCUT2D eigenvalue weighted by atomic mass is 9.89. The molecule has 0 aliphatic heterocycles.